The number of benzene rings is 1. The molecular weight excluding hydrogens is 266 g/mol. The van der Waals surface area contributed by atoms with Gasteiger partial charge in [-0.3, -0.25) is 9.59 Å². The first kappa shape index (κ1) is 15.4. The highest BCUT2D eigenvalue weighted by atomic mass is 16.2. The van der Waals surface area contributed by atoms with Gasteiger partial charge in [0.15, 0.2) is 0 Å². The number of nitrogens with one attached hydrogen (secondary N) is 3. The van der Waals surface area contributed by atoms with Crippen LogP contribution >= 0.6 is 0 Å². The summed E-state index contributed by atoms with van der Waals surface area (Å²) in [5, 5.41) is 8.93. The quantitative estimate of drug-likeness (QED) is 0.793. The van der Waals surface area contributed by atoms with E-state index in [2.05, 4.69) is 16.0 Å². The second kappa shape index (κ2) is 7.11. The molecule has 1 unspecified atom stereocenters. The molecule has 1 saturated heterocycles. The minimum atomic E-state index is -0.438. The third kappa shape index (κ3) is 4.21. The number of rotatable bonds is 4. The van der Waals surface area contributed by atoms with Gasteiger partial charge in [-0.05, 0) is 45.2 Å². The molecule has 1 aromatic rings. The molecule has 1 heterocycles. The second-order valence-electron chi connectivity index (χ2n) is 5.66. The van der Waals surface area contributed by atoms with Gasteiger partial charge in [0.25, 0.3) is 5.91 Å². The van der Waals surface area contributed by atoms with E-state index in [4.69, 9.17) is 0 Å². The summed E-state index contributed by atoms with van der Waals surface area (Å²) in [6, 6.07) is 7.16. The van der Waals surface area contributed by atoms with E-state index < -0.39 is 6.04 Å². The Bertz CT molecular complexity index is 514. The van der Waals surface area contributed by atoms with Crippen molar-refractivity contribution < 1.29 is 9.59 Å². The molecule has 1 atom stereocenters. The van der Waals surface area contributed by atoms with E-state index in [9.17, 15) is 9.59 Å². The zero-order chi connectivity index (χ0) is 15.2. The lowest BCUT2D eigenvalue weighted by Gasteiger charge is -2.18. The number of carbonyl (C=O) groups is 2. The van der Waals surface area contributed by atoms with Crippen molar-refractivity contribution in [2.75, 3.05) is 11.9 Å². The first-order chi connectivity index (χ1) is 10.1. The van der Waals surface area contributed by atoms with E-state index in [-0.39, 0.29) is 17.9 Å². The van der Waals surface area contributed by atoms with Crippen molar-refractivity contribution in [1.82, 2.24) is 10.6 Å². The summed E-state index contributed by atoms with van der Waals surface area (Å²) in [6.07, 6.45) is 2.59. The van der Waals surface area contributed by atoms with E-state index in [0.717, 1.165) is 18.5 Å². The van der Waals surface area contributed by atoms with Crippen LogP contribution in [0, 0.1) is 0 Å². The zero-order valence-electron chi connectivity index (χ0n) is 12.6. The number of carbonyl (C=O) groups excluding carboxylic acids is 2. The molecule has 0 aromatic heterocycles. The molecule has 3 N–H and O–H groups in total. The van der Waals surface area contributed by atoms with Crippen LogP contribution in [-0.4, -0.2) is 30.4 Å². The third-order valence-electron chi connectivity index (χ3n) is 3.46. The van der Waals surface area contributed by atoms with Crippen LogP contribution in [0.4, 0.5) is 5.69 Å². The molecule has 1 aromatic carbocycles. The normalized spacial score (nSPS) is 18.8. The van der Waals surface area contributed by atoms with Crippen LogP contribution in [0.1, 0.15) is 43.5 Å². The number of hydrogen-bond acceptors (Lipinski definition) is 3. The van der Waals surface area contributed by atoms with Crippen LogP contribution in [0.2, 0.25) is 0 Å². The van der Waals surface area contributed by atoms with Gasteiger partial charge >= 0.3 is 0 Å². The van der Waals surface area contributed by atoms with Crippen LogP contribution in [0.25, 0.3) is 0 Å². The Morgan fingerprint density at radius 1 is 1.29 bits per heavy atom. The summed E-state index contributed by atoms with van der Waals surface area (Å²) >= 11 is 0. The molecule has 1 aliphatic heterocycles. The summed E-state index contributed by atoms with van der Waals surface area (Å²) in [5.41, 5.74) is 1.36. The van der Waals surface area contributed by atoms with Crippen LogP contribution in [0.5, 0.6) is 0 Å². The monoisotopic (exact) mass is 289 g/mol. The van der Waals surface area contributed by atoms with Gasteiger partial charge in [0.05, 0.1) is 5.56 Å². The molecule has 21 heavy (non-hydrogen) atoms. The lowest BCUT2D eigenvalue weighted by molar-refractivity contribution is -0.122. The minimum absolute atomic E-state index is 0.0878. The predicted molar refractivity (Wildman–Crippen MR) is 83.3 cm³/mol. The molecule has 0 saturated carbocycles. The van der Waals surface area contributed by atoms with Crippen molar-refractivity contribution in [2.45, 2.75) is 45.2 Å². The van der Waals surface area contributed by atoms with Crippen LogP contribution in [0.3, 0.4) is 0 Å². The molecule has 2 amide bonds. The molecule has 0 spiro atoms. The highest BCUT2D eigenvalue weighted by Crippen LogP contribution is 2.17. The Morgan fingerprint density at radius 3 is 2.81 bits per heavy atom. The largest absolute Gasteiger partial charge is 0.382 e. The lowest BCUT2D eigenvalue weighted by Crippen LogP contribution is -2.45. The molecule has 1 fully saturated rings. The fourth-order valence-corrected chi connectivity index (χ4v) is 2.43. The van der Waals surface area contributed by atoms with Gasteiger partial charge in [0.1, 0.15) is 6.04 Å². The van der Waals surface area contributed by atoms with E-state index in [1.54, 1.807) is 6.07 Å². The Hall–Kier alpha value is -2.04. The first-order valence-electron chi connectivity index (χ1n) is 7.52. The van der Waals surface area contributed by atoms with E-state index in [1.807, 2.05) is 32.0 Å². The van der Waals surface area contributed by atoms with Crippen molar-refractivity contribution in [3.63, 3.8) is 0 Å². The first-order valence-corrected chi connectivity index (χ1v) is 7.52. The maximum atomic E-state index is 12.4. The summed E-state index contributed by atoms with van der Waals surface area (Å²) in [4.78, 5) is 24.3. The SMILES string of the molecule is CC(C)Nc1ccccc1C(=O)NC1CCCCNC1=O. The van der Waals surface area contributed by atoms with Crippen molar-refractivity contribution in [3.8, 4) is 0 Å². The molecule has 0 aliphatic carbocycles. The maximum Gasteiger partial charge on any atom is 0.254 e. The summed E-state index contributed by atoms with van der Waals surface area (Å²) in [6.45, 7) is 4.73. The number of amides is 2. The topological polar surface area (TPSA) is 70.2 Å². The van der Waals surface area contributed by atoms with Crippen LogP contribution < -0.4 is 16.0 Å². The average molecular weight is 289 g/mol. The van der Waals surface area contributed by atoms with Gasteiger partial charge in [-0.15, -0.1) is 0 Å². The Kier molecular flexibility index (Phi) is 5.20. The van der Waals surface area contributed by atoms with Crippen LogP contribution in [-0.2, 0) is 4.79 Å². The van der Waals surface area contributed by atoms with Crippen molar-refractivity contribution in [3.05, 3.63) is 29.8 Å². The Balaban J connectivity index is 2.10. The highest BCUT2D eigenvalue weighted by molar-refractivity contribution is 6.01. The minimum Gasteiger partial charge on any atom is -0.382 e. The van der Waals surface area contributed by atoms with E-state index in [1.165, 1.54) is 0 Å². The highest BCUT2D eigenvalue weighted by Gasteiger charge is 2.23. The average Bonchev–Trinajstić information content (AvgIpc) is 2.64. The van der Waals surface area contributed by atoms with Gasteiger partial charge in [-0.1, -0.05) is 12.1 Å². The van der Waals surface area contributed by atoms with E-state index in [0.29, 0.717) is 18.5 Å². The van der Waals surface area contributed by atoms with Crippen molar-refractivity contribution >= 4 is 17.5 Å². The number of para-hydroxylation sites is 1. The Morgan fingerprint density at radius 2 is 2.05 bits per heavy atom. The van der Waals surface area contributed by atoms with Gasteiger partial charge in [-0.2, -0.15) is 0 Å². The fraction of sp³-hybridized carbons (Fsp3) is 0.500. The second-order valence-corrected chi connectivity index (χ2v) is 5.66. The third-order valence-corrected chi connectivity index (χ3v) is 3.46. The van der Waals surface area contributed by atoms with Gasteiger partial charge < -0.3 is 16.0 Å². The summed E-state index contributed by atoms with van der Waals surface area (Å²) < 4.78 is 0. The predicted octanol–water partition coefficient (Wildman–Crippen LogP) is 1.91. The van der Waals surface area contributed by atoms with Crippen molar-refractivity contribution in [1.29, 1.82) is 0 Å². The molecule has 5 nitrogen and oxygen atoms in total. The lowest BCUT2D eigenvalue weighted by atomic mass is 10.1. The Labute approximate surface area is 125 Å². The molecule has 114 valence electrons. The van der Waals surface area contributed by atoms with Crippen LogP contribution in [0.15, 0.2) is 24.3 Å². The summed E-state index contributed by atoms with van der Waals surface area (Å²) in [7, 11) is 0. The van der Waals surface area contributed by atoms with E-state index >= 15 is 0 Å². The molecule has 1 aliphatic rings. The zero-order valence-corrected chi connectivity index (χ0v) is 12.6. The molecular formula is C16H23N3O2. The van der Waals surface area contributed by atoms with Gasteiger partial charge in [0, 0.05) is 18.3 Å². The maximum absolute atomic E-state index is 12.4. The fourth-order valence-electron chi connectivity index (χ4n) is 2.43. The molecule has 0 bridgehead atoms. The molecule has 2 rings (SSSR count). The smallest absolute Gasteiger partial charge is 0.254 e. The van der Waals surface area contributed by atoms with Gasteiger partial charge in [0.2, 0.25) is 5.91 Å². The molecule has 0 radical (unpaired) electrons. The number of hydrogen-bond donors (Lipinski definition) is 3. The number of anilines is 1. The standard InChI is InChI=1S/C16H23N3O2/c1-11(2)18-13-8-4-3-7-12(13)15(20)19-14-9-5-6-10-17-16(14)21/h3-4,7-8,11,14,18H,5-6,9-10H2,1-2H3,(H,17,21)(H,19,20). The van der Waals surface area contributed by atoms with Gasteiger partial charge in [-0.25, -0.2) is 0 Å². The van der Waals surface area contributed by atoms with Crippen molar-refractivity contribution in [2.24, 2.45) is 0 Å². The molecule has 5 heteroatoms. The summed E-state index contributed by atoms with van der Waals surface area (Å²) in [5.74, 6) is -0.295.